The molecule has 1 fully saturated rings. The number of carbonyl (C=O) groups is 1. The highest BCUT2D eigenvalue weighted by Crippen LogP contribution is 2.29. The molecular weight excluding hydrogens is 403 g/mol. The summed E-state index contributed by atoms with van der Waals surface area (Å²) in [6.07, 6.45) is 5.98. The second-order valence-corrected chi connectivity index (χ2v) is 9.90. The predicted octanol–water partition coefficient (Wildman–Crippen LogP) is 3.56. The predicted molar refractivity (Wildman–Crippen MR) is 113 cm³/mol. The van der Waals surface area contributed by atoms with Gasteiger partial charge in [0.1, 0.15) is 5.82 Å². The monoisotopic (exact) mass is 430 g/mol. The Morgan fingerprint density at radius 2 is 1.80 bits per heavy atom. The van der Waals surface area contributed by atoms with E-state index in [9.17, 15) is 17.6 Å². The summed E-state index contributed by atoms with van der Waals surface area (Å²) in [5, 5.41) is 0. The molecule has 5 nitrogen and oxygen atoms in total. The van der Waals surface area contributed by atoms with E-state index in [-0.39, 0.29) is 42.2 Å². The van der Waals surface area contributed by atoms with Crippen LogP contribution in [0.5, 0.6) is 0 Å². The van der Waals surface area contributed by atoms with E-state index >= 15 is 0 Å². The van der Waals surface area contributed by atoms with Gasteiger partial charge in [-0.25, -0.2) is 17.5 Å². The molecule has 30 heavy (non-hydrogen) atoms. The molecule has 2 aliphatic rings. The number of carbonyl (C=O) groups excluding carboxylic acids is 1. The van der Waals surface area contributed by atoms with E-state index in [1.165, 1.54) is 11.6 Å². The minimum absolute atomic E-state index is 0.0265. The first-order valence-electron chi connectivity index (χ1n) is 10.6. The normalized spacial score (nSPS) is 16.2. The number of amides is 1. The van der Waals surface area contributed by atoms with Crippen molar-refractivity contribution in [2.24, 2.45) is 0 Å². The molecule has 0 bridgehead atoms. The van der Waals surface area contributed by atoms with E-state index in [1.807, 2.05) is 6.07 Å². The fraction of sp³-hybridized carbons (Fsp3) is 0.435. The van der Waals surface area contributed by atoms with Crippen molar-refractivity contribution in [3.8, 4) is 0 Å². The zero-order valence-electron chi connectivity index (χ0n) is 16.9. The van der Waals surface area contributed by atoms with Crippen LogP contribution in [0.1, 0.15) is 48.8 Å². The number of sulfonamides is 1. The third-order valence-corrected chi connectivity index (χ3v) is 7.33. The lowest BCUT2D eigenvalue weighted by Crippen LogP contribution is -2.36. The van der Waals surface area contributed by atoms with Crippen LogP contribution in [0, 0.1) is 5.82 Å². The van der Waals surface area contributed by atoms with Crippen molar-refractivity contribution >= 4 is 15.9 Å². The van der Waals surface area contributed by atoms with Gasteiger partial charge in [0, 0.05) is 31.1 Å². The fourth-order valence-electron chi connectivity index (χ4n) is 4.01. The number of fused-ring (bicyclic) bond motifs is 1. The molecule has 1 amide bonds. The molecule has 7 heteroatoms. The van der Waals surface area contributed by atoms with Crippen LogP contribution in [0.15, 0.2) is 47.4 Å². The van der Waals surface area contributed by atoms with E-state index in [0.29, 0.717) is 5.56 Å². The van der Waals surface area contributed by atoms with Gasteiger partial charge in [-0.1, -0.05) is 24.3 Å². The van der Waals surface area contributed by atoms with E-state index in [4.69, 9.17) is 0 Å². The van der Waals surface area contributed by atoms with Crippen molar-refractivity contribution in [1.82, 2.24) is 9.62 Å². The average Bonchev–Trinajstić information content (AvgIpc) is 3.57. The van der Waals surface area contributed by atoms with Gasteiger partial charge in [-0.15, -0.1) is 0 Å². The summed E-state index contributed by atoms with van der Waals surface area (Å²) < 4.78 is 41.9. The molecular formula is C23H27FN2O3S. The quantitative estimate of drug-likeness (QED) is 0.696. The summed E-state index contributed by atoms with van der Waals surface area (Å²) in [6, 6.07) is 11.9. The van der Waals surface area contributed by atoms with E-state index < -0.39 is 10.0 Å². The molecule has 160 valence electrons. The van der Waals surface area contributed by atoms with Gasteiger partial charge < -0.3 is 4.90 Å². The Morgan fingerprint density at radius 3 is 2.53 bits per heavy atom. The molecule has 4 rings (SSSR count). The molecule has 0 aliphatic heterocycles. The van der Waals surface area contributed by atoms with E-state index in [2.05, 4.69) is 4.72 Å². The van der Waals surface area contributed by atoms with Crippen LogP contribution in [-0.2, 0) is 34.2 Å². The van der Waals surface area contributed by atoms with Crippen LogP contribution < -0.4 is 4.72 Å². The highest BCUT2D eigenvalue weighted by molar-refractivity contribution is 7.89. The second-order valence-electron chi connectivity index (χ2n) is 8.13. The highest BCUT2D eigenvalue weighted by atomic mass is 32.2. The zero-order valence-corrected chi connectivity index (χ0v) is 17.8. The largest absolute Gasteiger partial charge is 0.335 e. The number of nitrogens with one attached hydrogen (secondary N) is 1. The van der Waals surface area contributed by atoms with Gasteiger partial charge in [0.25, 0.3) is 0 Å². The van der Waals surface area contributed by atoms with Gasteiger partial charge >= 0.3 is 0 Å². The number of hydrogen-bond acceptors (Lipinski definition) is 3. The first kappa shape index (κ1) is 21.0. The summed E-state index contributed by atoms with van der Waals surface area (Å²) in [6.45, 7) is 0.243. The van der Waals surface area contributed by atoms with Gasteiger partial charge in [-0.2, -0.15) is 0 Å². The van der Waals surface area contributed by atoms with Crippen LogP contribution in [0.25, 0.3) is 0 Å². The smallest absolute Gasteiger partial charge is 0.240 e. The van der Waals surface area contributed by atoms with Crippen LogP contribution >= 0.6 is 0 Å². The minimum Gasteiger partial charge on any atom is -0.335 e. The maximum atomic E-state index is 14.0. The summed E-state index contributed by atoms with van der Waals surface area (Å²) in [4.78, 5) is 14.6. The molecule has 2 aromatic carbocycles. The molecule has 0 aromatic heterocycles. The number of hydrogen-bond donors (Lipinski definition) is 1. The topological polar surface area (TPSA) is 66.5 Å². The molecule has 0 heterocycles. The van der Waals surface area contributed by atoms with E-state index in [1.54, 1.807) is 35.2 Å². The average molecular weight is 431 g/mol. The van der Waals surface area contributed by atoms with Crippen LogP contribution in [0.3, 0.4) is 0 Å². The zero-order chi connectivity index (χ0) is 21.1. The molecule has 0 saturated heterocycles. The summed E-state index contributed by atoms with van der Waals surface area (Å²) in [5.41, 5.74) is 2.81. The molecule has 2 aromatic rings. The fourth-order valence-corrected chi connectivity index (χ4v) is 5.10. The molecule has 0 atom stereocenters. The highest BCUT2D eigenvalue weighted by Gasteiger charge is 2.32. The minimum atomic E-state index is -3.67. The Balaban J connectivity index is 1.36. The molecule has 2 aliphatic carbocycles. The summed E-state index contributed by atoms with van der Waals surface area (Å²) >= 11 is 0. The number of nitrogens with zero attached hydrogens (tertiary/aromatic N) is 1. The SMILES string of the molecule is O=C(CCNS(=O)(=O)c1ccc2c(c1)CCCC2)N(Cc1ccccc1F)C1CC1. The van der Waals surface area contributed by atoms with Crippen molar-refractivity contribution in [2.45, 2.75) is 62.4 Å². The van der Waals surface area contributed by atoms with Crippen molar-refractivity contribution in [3.63, 3.8) is 0 Å². The molecule has 0 spiro atoms. The Bertz CT molecular complexity index is 1030. The standard InChI is InChI=1S/C23H27FN2O3S/c24-22-8-4-3-7-19(22)16-26(20-10-11-20)23(27)13-14-25-30(28,29)21-12-9-17-5-1-2-6-18(17)15-21/h3-4,7-9,12,15,20,25H,1-2,5-6,10-11,13-14,16H2. The summed E-state index contributed by atoms with van der Waals surface area (Å²) in [5.74, 6) is -0.488. The molecule has 1 saturated carbocycles. The molecule has 0 unspecified atom stereocenters. The van der Waals surface area contributed by atoms with Crippen molar-refractivity contribution in [2.75, 3.05) is 6.54 Å². The Morgan fingerprint density at radius 1 is 1.07 bits per heavy atom. The van der Waals surface area contributed by atoms with Crippen LogP contribution in [0.4, 0.5) is 4.39 Å². The first-order chi connectivity index (χ1) is 14.4. The second kappa shape index (κ2) is 8.86. The first-order valence-corrected chi connectivity index (χ1v) is 12.1. The van der Waals surface area contributed by atoms with Gasteiger partial charge in [0.2, 0.25) is 15.9 Å². The lowest BCUT2D eigenvalue weighted by atomic mass is 9.92. The van der Waals surface area contributed by atoms with Gasteiger partial charge in [-0.05, 0) is 67.9 Å². The lowest BCUT2D eigenvalue weighted by Gasteiger charge is -2.23. The third kappa shape index (κ3) is 4.90. The Hall–Kier alpha value is -2.25. The number of rotatable bonds is 8. The van der Waals surface area contributed by atoms with E-state index in [0.717, 1.165) is 44.1 Å². The molecule has 1 N–H and O–H groups in total. The van der Waals surface area contributed by atoms with Crippen molar-refractivity contribution in [3.05, 3.63) is 65.0 Å². The van der Waals surface area contributed by atoms with Crippen LogP contribution in [-0.4, -0.2) is 31.8 Å². The van der Waals surface area contributed by atoms with Gasteiger partial charge in [0.15, 0.2) is 0 Å². The number of aryl methyl sites for hydroxylation is 2. The summed E-state index contributed by atoms with van der Waals surface area (Å²) in [7, 11) is -3.67. The molecule has 0 radical (unpaired) electrons. The van der Waals surface area contributed by atoms with Gasteiger partial charge in [0.05, 0.1) is 4.90 Å². The maximum Gasteiger partial charge on any atom is 0.240 e. The Kier molecular flexibility index (Phi) is 6.20. The van der Waals surface area contributed by atoms with Gasteiger partial charge in [-0.3, -0.25) is 4.79 Å². The third-order valence-electron chi connectivity index (χ3n) is 5.87. The lowest BCUT2D eigenvalue weighted by molar-refractivity contribution is -0.132. The van der Waals surface area contributed by atoms with Crippen LogP contribution in [0.2, 0.25) is 0 Å². The number of halogens is 1. The number of benzene rings is 2. The van der Waals surface area contributed by atoms with Crippen molar-refractivity contribution < 1.29 is 17.6 Å². The van der Waals surface area contributed by atoms with Crippen molar-refractivity contribution in [1.29, 1.82) is 0 Å². The Labute approximate surface area is 177 Å². The maximum absolute atomic E-state index is 14.0.